The van der Waals surface area contributed by atoms with Crippen LogP contribution in [0.4, 0.5) is 18.9 Å². The van der Waals surface area contributed by atoms with Gasteiger partial charge in [0, 0.05) is 14.8 Å². The van der Waals surface area contributed by atoms with Crippen molar-refractivity contribution in [1.82, 2.24) is 9.78 Å². The number of amides is 1. The first kappa shape index (κ1) is 21.5. The summed E-state index contributed by atoms with van der Waals surface area (Å²) in [6.45, 7) is 0.976. The van der Waals surface area contributed by atoms with Crippen LogP contribution in [0, 0.1) is 6.92 Å². The monoisotopic (exact) mass is 459 g/mol. The van der Waals surface area contributed by atoms with Gasteiger partial charge in [-0.1, -0.05) is 47.1 Å². The third-order valence-corrected chi connectivity index (χ3v) is 5.69. The number of para-hydroxylation sites is 1. The number of rotatable bonds is 5. The van der Waals surface area contributed by atoms with Crippen LogP contribution in [0.5, 0.6) is 0 Å². The fraction of sp³-hybridized carbons (Fsp3) is 0.158. The Balaban J connectivity index is 1.76. The van der Waals surface area contributed by atoms with Gasteiger partial charge in [-0.25, -0.2) is 0 Å². The van der Waals surface area contributed by atoms with E-state index in [2.05, 4.69) is 10.4 Å². The lowest BCUT2D eigenvalue weighted by Gasteiger charge is -2.11. The minimum atomic E-state index is -4.69. The number of benzene rings is 2. The molecule has 0 unspecified atom stereocenters. The molecular weight excluding hydrogens is 446 g/mol. The van der Waals surface area contributed by atoms with Crippen molar-refractivity contribution in [3.63, 3.8) is 0 Å². The van der Waals surface area contributed by atoms with Crippen molar-refractivity contribution in [2.75, 3.05) is 5.32 Å². The molecule has 0 spiro atoms. The van der Waals surface area contributed by atoms with Crippen molar-refractivity contribution in [3.8, 4) is 0 Å². The maximum absolute atomic E-state index is 12.9. The number of halogens is 5. The molecule has 3 rings (SSSR count). The molecule has 0 aliphatic carbocycles. The highest BCUT2D eigenvalue weighted by Gasteiger charge is 2.38. The number of anilines is 1. The highest BCUT2D eigenvalue weighted by molar-refractivity contribution is 7.99. The average Bonchev–Trinajstić information content (AvgIpc) is 2.94. The number of nitrogens with one attached hydrogen (secondary N) is 1. The lowest BCUT2D eigenvalue weighted by Crippen LogP contribution is -2.21. The number of carbonyl (C=O) groups excluding carboxylic acids is 1. The zero-order valence-electron chi connectivity index (χ0n) is 14.9. The Kier molecular flexibility index (Phi) is 6.45. The van der Waals surface area contributed by atoms with E-state index in [0.717, 1.165) is 14.5 Å². The van der Waals surface area contributed by atoms with Gasteiger partial charge in [0.25, 0.3) is 0 Å². The molecule has 10 heteroatoms. The molecule has 0 fully saturated rings. The van der Waals surface area contributed by atoms with Crippen LogP contribution in [0.25, 0.3) is 0 Å². The molecule has 0 bridgehead atoms. The second-order valence-corrected chi connectivity index (χ2v) is 7.93. The molecule has 0 saturated heterocycles. The van der Waals surface area contributed by atoms with E-state index in [4.69, 9.17) is 23.2 Å². The number of aromatic nitrogens is 2. The summed E-state index contributed by atoms with van der Waals surface area (Å²) in [5.41, 5.74) is -0.606. The van der Waals surface area contributed by atoms with Crippen molar-refractivity contribution in [3.05, 3.63) is 70.0 Å². The summed E-state index contributed by atoms with van der Waals surface area (Å²) < 4.78 is 39.8. The van der Waals surface area contributed by atoms with Gasteiger partial charge in [-0.2, -0.15) is 18.3 Å². The molecule has 0 aliphatic rings. The molecule has 1 aromatic heterocycles. The maximum Gasteiger partial charge on any atom is 0.436 e. The maximum atomic E-state index is 12.9. The van der Waals surface area contributed by atoms with Crippen LogP contribution in [0.1, 0.15) is 11.4 Å². The normalized spacial score (nSPS) is 11.5. The lowest BCUT2D eigenvalue weighted by molar-refractivity contribution is -0.141. The summed E-state index contributed by atoms with van der Waals surface area (Å²) in [7, 11) is 0. The molecule has 1 amide bonds. The van der Waals surface area contributed by atoms with Crippen LogP contribution in [-0.4, -0.2) is 15.7 Å². The van der Waals surface area contributed by atoms with E-state index in [1.165, 1.54) is 18.7 Å². The minimum Gasteiger partial charge on any atom is -0.323 e. The third kappa shape index (κ3) is 5.26. The van der Waals surface area contributed by atoms with E-state index in [-0.39, 0.29) is 5.69 Å². The highest BCUT2D eigenvalue weighted by atomic mass is 35.5. The smallest absolute Gasteiger partial charge is 0.323 e. The van der Waals surface area contributed by atoms with Crippen LogP contribution in [0.15, 0.2) is 58.3 Å². The Morgan fingerprint density at radius 3 is 2.41 bits per heavy atom. The number of nitrogens with zero attached hydrogens (tertiary/aromatic N) is 2. The summed E-state index contributed by atoms with van der Waals surface area (Å²) in [6, 6.07) is 14.3. The van der Waals surface area contributed by atoms with Gasteiger partial charge in [0.1, 0.15) is 6.54 Å². The van der Waals surface area contributed by atoms with Crippen LogP contribution in [0.3, 0.4) is 0 Å². The van der Waals surface area contributed by atoms with Crippen molar-refractivity contribution < 1.29 is 18.0 Å². The van der Waals surface area contributed by atoms with Crippen molar-refractivity contribution >= 4 is 46.6 Å². The number of hydrogen-bond acceptors (Lipinski definition) is 3. The molecule has 4 nitrogen and oxygen atoms in total. The molecule has 152 valence electrons. The Bertz CT molecular complexity index is 1040. The SMILES string of the molecule is Cc1c(Cl)c(C(F)(F)F)nn1CC(=O)Nc1ccccc1Sc1ccc(Cl)cc1. The van der Waals surface area contributed by atoms with Gasteiger partial charge in [-0.15, -0.1) is 0 Å². The van der Waals surface area contributed by atoms with Gasteiger partial charge < -0.3 is 5.32 Å². The predicted molar refractivity (Wildman–Crippen MR) is 108 cm³/mol. The van der Waals surface area contributed by atoms with Crippen molar-refractivity contribution in [1.29, 1.82) is 0 Å². The second-order valence-electron chi connectivity index (χ2n) is 6.00. The number of carbonyl (C=O) groups is 1. The molecule has 1 heterocycles. The van der Waals surface area contributed by atoms with Gasteiger partial charge in [0.15, 0.2) is 5.69 Å². The molecule has 29 heavy (non-hydrogen) atoms. The summed E-state index contributed by atoms with van der Waals surface area (Å²) >= 11 is 13.0. The Morgan fingerprint density at radius 2 is 1.79 bits per heavy atom. The largest absolute Gasteiger partial charge is 0.436 e. The third-order valence-electron chi connectivity index (χ3n) is 3.90. The van der Waals surface area contributed by atoms with Gasteiger partial charge in [-0.05, 0) is 43.3 Å². The van der Waals surface area contributed by atoms with Crippen LogP contribution in [-0.2, 0) is 17.5 Å². The lowest BCUT2D eigenvalue weighted by atomic mass is 10.3. The molecular formula is C19H14Cl2F3N3OS. The first-order valence-corrected chi connectivity index (χ1v) is 9.85. The minimum absolute atomic E-state index is 0.0676. The summed E-state index contributed by atoms with van der Waals surface area (Å²) in [6.07, 6.45) is -4.69. The van der Waals surface area contributed by atoms with Crippen molar-refractivity contribution in [2.24, 2.45) is 0 Å². The molecule has 0 aliphatic heterocycles. The van der Waals surface area contributed by atoms with Gasteiger partial charge in [0.2, 0.25) is 5.91 Å². The second kappa shape index (κ2) is 8.69. The predicted octanol–water partition coefficient (Wildman–Crippen LogP) is 6.31. The molecule has 1 N–H and O–H groups in total. The first-order chi connectivity index (χ1) is 13.6. The summed E-state index contributed by atoms with van der Waals surface area (Å²) in [4.78, 5) is 14.1. The first-order valence-electron chi connectivity index (χ1n) is 8.27. The fourth-order valence-corrected chi connectivity index (χ4v) is 3.74. The summed E-state index contributed by atoms with van der Waals surface area (Å²) in [5.74, 6) is -0.523. The Labute approximate surface area is 179 Å². The quantitative estimate of drug-likeness (QED) is 0.486. The molecule has 0 atom stereocenters. The van der Waals surface area contributed by atoms with Crippen molar-refractivity contribution in [2.45, 2.75) is 29.4 Å². The van der Waals surface area contributed by atoms with Gasteiger partial charge in [0.05, 0.1) is 16.4 Å². The molecule has 0 saturated carbocycles. The number of alkyl halides is 3. The van der Waals surface area contributed by atoms with Crippen LogP contribution >= 0.6 is 35.0 Å². The highest BCUT2D eigenvalue weighted by Crippen LogP contribution is 2.36. The topological polar surface area (TPSA) is 46.9 Å². The Morgan fingerprint density at radius 1 is 1.14 bits per heavy atom. The molecule has 3 aromatic rings. The van der Waals surface area contributed by atoms with Crippen LogP contribution < -0.4 is 5.32 Å². The van der Waals surface area contributed by atoms with E-state index in [0.29, 0.717) is 10.7 Å². The van der Waals surface area contributed by atoms with Gasteiger partial charge >= 0.3 is 6.18 Å². The van der Waals surface area contributed by atoms with E-state index >= 15 is 0 Å². The van der Waals surface area contributed by atoms with Crippen LogP contribution in [0.2, 0.25) is 10.0 Å². The molecule has 0 radical (unpaired) electrons. The average molecular weight is 460 g/mol. The van der Waals surface area contributed by atoms with Gasteiger partial charge in [-0.3, -0.25) is 9.48 Å². The fourth-order valence-electron chi connectivity index (χ4n) is 2.47. The number of hydrogen-bond donors (Lipinski definition) is 1. The van der Waals surface area contributed by atoms with E-state index in [1.54, 1.807) is 24.3 Å². The van der Waals surface area contributed by atoms with E-state index < -0.39 is 29.3 Å². The standard InChI is InChI=1S/C19H14Cl2F3N3OS/c1-11-17(21)18(19(22,23)24)26-27(11)10-16(28)25-14-4-2-3-5-15(14)29-13-8-6-12(20)7-9-13/h2-9H,10H2,1H3,(H,25,28). The Hall–Kier alpha value is -2.16. The molecule has 2 aromatic carbocycles. The van der Waals surface area contributed by atoms with E-state index in [9.17, 15) is 18.0 Å². The zero-order chi connectivity index (χ0) is 21.2. The van der Waals surface area contributed by atoms with E-state index in [1.807, 2.05) is 24.3 Å². The summed E-state index contributed by atoms with van der Waals surface area (Å²) in [5, 5.41) is 6.26. The zero-order valence-corrected chi connectivity index (χ0v) is 17.3.